The van der Waals surface area contributed by atoms with Crippen molar-refractivity contribution in [3.8, 4) is 0 Å². The highest BCUT2D eigenvalue weighted by Crippen LogP contribution is 2.18. The van der Waals surface area contributed by atoms with Gasteiger partial charge >= 0.3 is 0 Å². The van der Waals surface area contributed by atoms with Crippen LogP contribution in [0.1, 0.15) is 18.5 Å². The van der Waals surface area contributed by atoms with Crippen molar-refractivity contribution in [2.45, 2.75) is 12.8 Å². The third kappa shape index (κ3) is 3.75. The number of pyridine rings is 1. The van der Waals surface area contributed by atoms with Gasteiger partial charge in [-0.2, -0.15) is 0 Å². The number of rotatable bonds is 3. The molecule has 0 N–H and O–H groups in total. The molecule has 0 bridgehead atoms. The SMILES string of the molecule is CC(CS(C)(=O)=O)c1cc(Br)ccn1. The lowest BCUT2D eigenvalue weighted by atomic mass is 10.1. The van der Waals surface area contributed by atoms with Crippen molar-refractivity contribution >= 4 is 25.8 Å². The van der Waals surface area contributed by atoms with Crippen LogP contribution in [-0.2, 0) is 9.84 Å². The molecule has 0 spiro atoms. The van der Waals surface area contributed by atoms with E-state index in [1.807, 2.05) is 19.1 Å². The zero-order valence-corrected chi connectivity index (χ0v) is 10.5. The van der Waals surface area contributed by atoms with E-state index in [4.69, 9.17) is 0 Å². The summed E-state index contributed by atoms with van der Waals surface area (Å²) in [6, 6.07) is 3.66. The van der Waals surface area contributed by atoms with Gasteiger partial charge in [-0.3, -0.25) is 4.98 Å². The molecular weight excluding hydrogens is 266 g/mol. The lowest BCUT2D eigenvalue weighted by Gasteiger charge is -2.09. The number of hydrogen-bond donors (Lipinski definition) is 0. The molecule has 0 fully saturated rings. The highest BCUT2D eigenvalue weighted by molar-refractivity contribution is 9.10. The molecule has 14 heavy (non-hydrogen) atoms. The van der Waals surface area contributed by atoms with Crippen molar-refractivity contribution in [2.75, 3.05) is 12.0 Å². The standard InChI is InChI=1S/C9H12BrNO2S/c1-7(6-14(2,12)13)9-5-8(10)3-4-11-9/h3-5,7H,6H2,1-2H3. The zero-order chi connectivity index (χ0) is 10.8. The first-order chi connectivity index (χ1) is 6.38. The van der Waals surface area contributed by atoms with Crippen LogP contribution in [0.4, 0.5) is 0 Å². The minimum atomic E-state index is -2.94. The van der Waals surface area contributed by atoms with E-state index in [2.05, 4.69) is 20.9 Å². The highest BCUT2D eigenvalue weighted by Gasteiger charge is 2.13. The number of nitrogens with zero attached hydrogens (tertiary/aromatic N) is 1. The summed E-state index contributed by atoms with van der Waals surface area (Å²) in [5.41, 5.74) is 0.796. The first-order valence-electron chi connectivity index (χ1n) is 4.17. The molecule has 0 radical (unpaired) electrons. The van der Waals surface area contributed by atoms with E-state index in [9.17, 15) is 8.42 Å². The first kappa shape index (κ1) is 11.7. The van der Waals surface area contributed by atoms with Crippen LogP contribution < -0.4 is 0 Å². The van der Waals surface area contributed by atoms with Crippen LogP contribution in [0.5, 0.6) is 0 Å². The van der Waals surface area contributed by atoms with Gasteiger partial charge in [0.15, 0.2) is 0 Å². The van der Waals surface area contributed by atoms with Crippen LogP contribution in [0.15, 0.2) is 22.8 Å². The number of aromatic nitrogens is 1. The fraction of sp³-hybridized carbons (Fsp3) is 0.444. The van der Waals surface area contributed by atoms with Crippen LogP contribution in [0.25, 0.3) is 0 Å². The minimum Gasteiger partial charge on any atom is -0.261 e. The molecule has 5 heteroatoms. The van der Waals surface area contributed by atoms with Gasteiger partial charge in [-0.1, -0.05) is 22.9 Å². The van der Waals surface area contributed by atoms with Crippen LogP contribution in [0.2, 0.25) is 0 Å². The van der Waals surface area contributed by atoms with E-state index in [-0.39, 0.29) is 11.7 Å². The van der Waals surface area contributed by atoms with Crippen molar-refractivity contribution in [3.63, 3.8) is 0 Å². The Bertz CT molecular complexity index is 417. The maximum atomic E-state index is 11.1. The molecule has 1 rings (SSSR count). The Morgan fingerprint density at radius 3 is 2.71 bits per heavy atom. The first-order valence-corrected chi connectivity index (χ1v) is 7.03. The Morgan fingerprint density at radius 2 is 2.21 bits per heavy atom. The number of halogens is 1. The topological polar surface area (TPSA) is 47.0 Å². The Labute approximate surface area is 92.6 Å². The van der Waals surface area contributed by atoms with Crippen molar-refractivity contribution in [2.24, 2.45) is 0 Å². The summed E-state index contributed by atoms with van der Waals surface area (Å²) in [6.07, 6.45) is 2.90. The number of hydrogen-bond acceptors (Lipinski definition) is 3. The normalized spacial score (nSPS) is 13.9. The molecule has 0 aliphatic carbocycles. The lowest BCUT2D eigenvalue weighted by molar-refractivity contribution is 0.595. The van der Waals surface area contributed by atoms with Gasteiger partial charge in [-0.05, 0) is 12.1 Å². The van der Waals surface area contributed by atoms with Crippen molar-refractivity contribution in [3.05, 3.63) is 28.5 Å². The van der Waals surface area contributed by atoms with Gasteiger partial charge in [-0.25, -0.2) is 8.42 Å². The van der Waals surface area contributed by atoms with Crippen LogP contribution in [0.3, 0.4) is 0 Å². The summed E-state index contributed by atoms with van der Waals surface area (Å²) in [6.45, 7) is 1.86. The second-order valence-corrected chi connectivity index (χ2v) is 6.49. The van der Waals surface area contributed by atoms with E-state index in [1.165, 1.54) is 6.26 Å². The van der Waals surface area contributed by atoms with Gasteiger partial charge in [0.05, 0.1) is 5.75 Å². The van der Waals surface area contributed by atoms with E-state index >= 15 is 0 Å². The van der Waals surface area contributed by atoms with E-state index in [0.717, 1.165) is 10.2 Å². The molecule has 0 amide bonds. The second-order valence-electron chi connectivity index (χ2n) is 3.39. The molecule has 0 saturated heterocycles. The lowest BCUT2D eigenvalue weighted by Crippen LogP contribution is -2.11. The van der Waals surface area contributed by atoms with Crippen LogP contribution in [0, 0.1) is 0 Å². The molecule has 0 saturated carbocycles. The van der Waals surface area contributed by atoms with Gasteiger partial charge in [0.25, 0.3) is 0 Å². The maximum absolute atomic E-state index is 11.1. The van der Waals surface area contributed by atoms with Crippen molar-refractivity contribution in [1.29, 1.82) is 0 Å². The fourth-order valence-electron chi connectivity index (χ4n) is 1.23. The van der Waals surface area contributed by atoms with Gasteiger partial charge in [0, 0.05) is 28.5 Å². The molecule has 1 atom stereocenters. The van der Waals surface area contributed by atoms with Crippen LogP contribution >= 0.6 is 15.9 Å². The van der Waals surface area contributed by atoms with Crippen LogP contribution in [-0.4, -0.2) is 25.4 Å². The third-order valence-corrected chi connectivity index (χ3v) is 3.40. The van der Waals surface area contributed by atoms with Crippen molar-refractivity contribution < 1.29 is 8.42 Å². The molecule has 0 aliphatic heterocycles. The molecule has 1 aromatic heterocycles. The van der Waals surface area contributed by atoms with Crippen molar-refractivity contribution in [1.82, 2.24) is 4.98 Å². The second kappa shape index (κ2) is 4.40. The van der Waals surface area contributed by atoms with Gasteiger partial charge in [0.2, 0.25) is 0 Å². The summed E-state index contributed by atoms with van der Waals surface area (Å²) in [4.78, 5) is 4.13. The maximum Gasteiger partial charge on any atom is 0.148 e. The molecular formula is C9H12BrNO2S. The molecule has 1 aromatic rings. The molecule has 0 aliphatic rings. The Hall–Kier alpha value is -0.420. The van der Waals surface area contributed by atoms with Gasteiger partial charge in [0.1, 0.15) is 9.84 Å². The largest absolute Gasteiger partial charge is 0.261 e. The molecule has 1 heterocycles. The smallest absolute Gasteiger partial charge is 0.148 e. The van der Waals surface area contributed by atoms with Gasteiger partial charge in [-0.15, -0.1) is 0 Å². The van der Waals surface area contributed by atoms with E-state index < -0.39 is 9.84 Å². The summed E-state index contributed by atoms with van der Waals surface area (Å²) in [5.74, 6) is 0.0682. The predicted octanol–water partition coefficient (Wildman–Crippen LogP) is 1.99. The highest BCUT2D eigenvalue weighted by atomic mass is 79.9. The predicted molar refractivity (Wildman–Crippen MR) is 60.1 cm³/mol. The Morgan fingerprint density at radius 1 is 1.57 bits per heavy atom. The summed E-state index contributed by atoms with van der Waals surface area (Å²) in [5, 5.41) is 0. The van der Waals surface area contributed by atoms with Gasteiger partial charge < -0.3 is 0 Å². The molecule has 1 unspecified atom stereocenters. The molecule has 0 aromatic carbocycles. The summed E-state index contributed by atoms with van der Waals surface area (Å²) in [7, 11) is -2.94. The zero-order valence-electron chi connectivity index (χ0n) is 8.07. The van der Waals surface area contributed by atoms with E-state index in [1.54, 1.807) is 6.20 Å². The molecule has 3 nitrogen and oxygen atoms in total. The fourth-order valence-corrected chi connectivity index (χ4v) is 2.66. The van der Waals surface area contributed by atoms with E-state index in [0.29, 0.717) is 0 Å². The quantitative estimate of drug-likeness (QED) is 0.849. The Kier molecular flexibility index (Phi) is 3.66. The number of sulfone groups is 1. The average molecular weight is 278 g/mol. The third-order valence-electron chi connectivity index (χ3n) is 1.80. The summed E-state index contributed by atoms with van der Waals surface area (Å²) < 4.78 is 23.0. The monoisotopic (exact) mass is 277 g/mol. The molecule has 78 valence electrons. The minimum absolute atomic E-state index is 0.0671. The average Bonchev–Trinajstić information content (AvgIpc) is 2.01. The summed E-state index contributed by atoms with van der Waals surface area (Å²) >= 11 is 3.32. The Balaban J connectivity index is 2.85.